The highest BCUT2D eigenvalue weighted by Crippen LogP contribution is 2.34. The Balaban J connectivity index is 1.64. The zero-order valence-corrected chi connectivity index (χ0v) is 18.3. The van der Waals surface area contributed by atoms with E-state index in [0.717, 1.165) is 12.1 Å². The summed E-state index contributed by atoms with van der Waals surface area (Å²) < 4.78 is 5.63. The number of anilines is 1. The van der Waals surface area contributed by atoms with Crippen LogP contribution in [0.3, 0.4) is 0 Å². The molecule has 1 unspecified atom stereocenters. The number of benzene rings is 2. The molecule has 0 bridgehead atoms. The molecule has 7 heteroatoms. The van der Waals surface area contributed by atoms with Gasteiger partial charge in [-0.25, -0.2) is 0 Å². The molecule has 3 rings (SSSR count). The van der Waals surface area contributed by atoms with Crippen molar-refractivity contribution in [3.8, 4) is 11.3 Å². The van der Waals surface area contributed by atoms with E-state index in [1.54, 1.807) is 30.3 Å². The second-order valence-electron chi connectivity index (χ2n) is 6.60. The van der Waals surface area contributed by atoms with E-state index in [2.05, 4.69) is 36.6 Å². The first-order chi connectivity index (χ1) is 13.9. The van der Waals surface area contributed by atoms with Crippen molar-refractivity contribution in [2.24, 2.45) is 0 Å². The summed E-state index contributed by atoms with van der Waals surface area (Å²) in [4.78, 5) is 12.4. The monoisotopic (exact) mass is 446 g/mol. The topological polar surface area (TPSA) is 54.3 Å². The van der Waals surface area contributed by atoms with Gasteiger partial charge in [0.05, 0.1) is 10.0 Å². The van der Waals surface area contributed by atoms with Crippen LogP contribution in [0, 0.1) is 0 Å². The average Bonchev–Trinajstić information content (AvgIpc) is 3.20. The number of thiocarbonyl (C=S) groups is 1. The van der Waals surface area contributed by atoms with Crippen molar-refractivity contribution in [1.82, 2.24) is 5.32 Å². The Bertz CT molecular complexity index is 1030. The predicted octanol–water partition coefficient (Wildman–Crippen LogP) is 6.89. The molecule has 0 saturated carbocycles. The van der Waals surface area contributed by atoms with Crippen LogP contribution < -0.4 is 10.6 Å². The summed E-state index contributed by atoms with van der Waals surface area (Å²) in [6.45, 7) is 4.34. The maximum atomic E-state index is 12.4. The number of hydrogen-bond acceptors (Lipinski definition) is 3. The molecule has 0 aliphatic carbocycles. The van der Waals surface area contributed by atoms with Gasteiger partial charge in [0.2, 0.25) is 0 Å². The molecule has 1 heterocycles. The Morgan fingerprint density at radius 2 is 1.83 bits per heavy atom. The third-order valence-corrected chi connectivity index (χ3v) is 5.65. The van der Waals surface area contributed by atoms with Crippen molar-refractivity contribution >= 4 is 52.1 Å². The van der Waals surface area contributed by atoms with Gasteiger partial charge in [-0.2, -0.15) is 0 Å². The number of carbonyl (C=O) groups is 1. The van der Waals surface area contributed by atoms with Gasteiger partial charge in [-0.15, -0.1) is 0 Å². The van der Waals surface area contributed by atoms with Gasteiger partial charge in [-0.3, -0.25) is 10.1 Å². The van der Waals surface area contributed by atoms with Crippen molar-refractivity contribution < 1.29 is 9.21 Å². The van der Waals surface area contributed by atoms with Crippen molar-refractivity contribution in [3.05, 3.63) is 76.0 Å². The maximum absolute atomic E-state index is 12.4. The Morgan fingerprint density at radius 3 is 2.52 bits per heavy atom. The van der Waals surface area contributed by atoms with Gasteiger partial charge in [-0.1, -0.05) is 55.2 Å². The van der Waals surface area contributed by atoms with Gasteiger partial charge in [-0.05, 0) is 66.5 Å². The fourth-order valence-corrected chi connectivity index (χ4v) is 3.36. The molecule has 150 valence electrons. The molecule has 2 N–H and O–H groups in total. The summed E-state index contributed by atoms with van der Waals surface area (Å²) >= 11 is 17.5. The Hall–Kier alpha value is -2.34. The number of carbonyl (C=O) groups excluding carboxylic acids is 1. The lowest BCUT2D eigenvalue weighted by Gasteiger charge is -2.12. The molecule has 1 amide bonds. The molecule has 29 heavy (non-hydrogen) atoms. The molecule has 3 aromatic rings. The lowest BCUT2D eigenvalue weighted by Crippen LogP contribution is -2.33. The zero-order chi connectivity index (χ0) is 21.0. The Kier molecular flexibility index (Phi) is 6.96. The maximum Gasteiger partial charge on any atom is 0.293 e. The second kappa shape index (κ2) is 9.44. The fourth-order valence-electron chi connectivity index (χ4n) is 2.76. The lowest BCUT2D eigenvalue weighted by atomic mass is 9.99. The minimum absolute atomic E-state index is 0.118. The van der Waals surface area contributed by atoms with Gasteiger partial charge < -0.3 is 9.73 Å². The normalized spacial score (nSPS) is 11.7. The lowest BCUT2D eigenvalue weighted by molar-refractivity contribution is 0.0951. The third-order valence-electron chi connectivity index (χ3n) is 4.62. The van der Waals surface area contributed by atoms with E-state index in [-0.39, 0.29) is 10.9 Å². The van der Waals surface area contributed by atoms with Crippen LogP contribution in [-0.2, 0) is 0 Å². The summed E-state index contributed by atoms with van der Waals surface area (Å²) in [5.74, 6) is 0.606. The highest BCUT2D eigenvalue weighted by atomic mass is 35.5. The number of halogens is 2. The van der Waals surface area contributed by atoms with Gasteiger partial charge >= 0.3 is 0 Å². The first-order valence-corrected chi connectivity index (χ1v) is 10.3. The summed E-state index contributed by atoms with van der Waals surface area (Å²) in [5, 5.41) is 6.58. The van der Waals surface area contributed by atoms with Crippen molar-refractivity contribution in [2.45, 2.75) is 26.2 Å². The van der Waals surface area contributed by atoms with E-state index < -0.39 is 5.91 Å². The average molecular weight is 447 g/mol. The van der Waals surface area contributed by atoms with E-state index in [1.807, 2.05) is 12.1 Å². The SMILES string of the molecule is CCC(C)c1ccc(NC(=S)NC(=O)c2ccc(-c3cccc(Cl)c3Cl)o2)cc1. The second-order valence-corrected chi connectivity index (χ2v) is 7.80. The van der Waals surface area contributed by atoms with Gasteiger partial charge in [0.15, 0.2) is 10.9 Å². The quantitative estimate of drug-likeness (QED) is 0.418. The molecule has 4 nitrogen and oxygen atoms in total. The van der Waals surface area contributed by atoms with Crippen LogP contribution in [0.25, 0.3) is 11.3 Å². The van der Waals surface area contributed by atoms with E-state index in [1.165, 1.54) is 5.56 Å². The van der Waals surface area contributed by atoms with Crippen LogP contribution in [0.15, 0.2) is 59.0 Å². The van der Waals surface area contributed by atoms with Gasteiger partial charge in [0.1, 0.15) is 5.76 Å². The minimum Gasteiger partial charge on any atom is -0.451 e. The molecular formula is C22H20Cl2N2O2S. The zero-order valence-electron chi connectivity index (χ0n) is 16.0. The standard InChI is InChI=1S/C22H20Cl2N2O2S/c1-3-13(2)14-7-9-15(10-8-14)25-22(29)26-21(27)19-12-11-18(28-19)16-5-4-6-17(23)20(16)24/h4-13H,3H2,1-2H3,(H2,25,26,27,29). The minimum atomic E-state index is -0.455. The number of rotatable bonds is 5. The number of nitrogens with one attached hydrogen (secondary N) is 2. The summed E-state index contributed by atoms with van der Waals surface area (Å²) in [6.07, 6.45) is 1.08. The molecule has 0 aliphatic heterocycles. The van der Waals surface area contributed by atoms with Gasteiger partial charge in [0, 0.05) is 11.3 Å². The van der Waals surface area contributed by atoms with E-state index >= 15 is 0 Å². The summed E-state index contributed by atoms with van der Waals surface area (Å²) in [7, 11) is 0. The highest BCUT2D eigenvalue weighted by molar-refractivity contribution is 7.80. The molecule has 2 aromatic carbocycles. The third kappa shape index (κ3) is 5.18. The summed E-state index contributed by atoms with van der Waals surface area (Å²) in [6, 6.07) is 16.4. The van der Waals surface area contributed by atoms with Crippen molar-refractivity contribution in [1.29, 1.82) is 0 Å². The van der Waals surface area contributed by atoms with Crippen molar-refractivity contribution in [3.63, 3.8) is 0 Å². The molecule has 0 fully saturated rings. The first kappa shape index (κ1) is 21.4. The number of furan rings is 1. The Morgan fingerprint density at radius 1 is 1.10 bits per heavy atom. The number of hydrogen-bond donors (Lipinski definition) is 2. The predicted molar refractivity (Wildman–Crippen MR) is 123 cm³/mol. The molecule has 0 radical (unpaired) electrons. The first-order valence-electron chi connectivity index (χ1n) is 9.15. The molecular weight excluding hydrogens is 427 g/mol. The smallest absolute Gasteiger partial charge is 0.293 e. The van der Waals surface area contributed by atoms with Gasteiger partial charge in [0.25, 0.3) is 5.91 Å². The Labute approximate surface area is 185 Å². The largest absolute Gasteiger partial charge is 0.451 e. The fraction of sp³-hybridized carbons (Fsp3) is 0.182. The van der Waals surface area contributed by atoms with Crippen molar-refractivity contribution in [2.75, 3.05) is 5.32 Å². The van der Waals surface area contributed by atoms with Crippen LogP contribution in [0.2, 0.25) is 10.0 Å². The molecule has 1 aromatic heterocycles. The van der Waals surface area contributed by atoms with Crippen LogP contribution in [-0.4, -0.2) is 11.0 Å². The molecule has 1 atom stereocenters. The van der Waals surface area contributed by atoms with E-state index in [0.29, 0.717) is 27.3 Å². The number of amides is 1. The highest BCUT2D eigenvalue weighted by Gasteiger charge is 2.16. The van der Waals surface area contributed by atoms with Crippen LogP contribution >= 0.6 is 35.4 Å². The van der Waals surface area contributed by atoms with Crippen LogP contribution in [0.4, 0.5) is 5.69 Å². The van der Waals surface area contributed by atoms with E-state index in [4.69, 9.17) is 39.8 Å². The van der Waals surface area contributed by atoms with E-state index in [9.17, 15) is 4.79 Å². The molecule has 0 aliphatic rings. The van der Waals surface area contributed by atoms with Crippen LogP contribution in [0.1, 0.15) is 42.3 Å². The summed E-state index contributed by atoms with van der Waals surface area (Å²) in [5.41, 5.74) is 2.67. The van der Waals surface area contributed by atoms with Crippen LogP contribution in [0.5, 0.6) is 0 Å². The molecule has 0 spiro atoms. The molecule has 0 saturated heterocycles.